The maximum Gasteiger partial charge on any atom is 0.186 e. The lowest BCUT2D eigenvalue weighted by atomic mass is 9.91. The fraction of sp³-hybridized carbons (Fsp3) is 0.588. The van der Waals surface area contributed by atoms with Crippen LogP contribution in [0.15, 0.2) is 15.1 Å². The lowest BCUT2D eigenvalue weighted by Gasteiger charge is -2.16. The Balaban J connectivity index is 2.08. The number of aromatic nitrogens is 6. The van der Waals surface area contributed by atoms with Crippen LogP contribution in [0.4, 0.5) is 11.5 Å². The van der Waals surface area contributed by atoms with Gasteiger partial charge in [0.2, 0.25) is 0 Å². The predicted octanol–water partition coefficient (Wildman–Crippen LogP) is 4.68. The SMILES string of the molecule is COOSc1c(C(C)(C)C)n[nH]c1N=Nc1c(C(C)(C)C)nn2c(C)n[nH]c12. The zero-order chi connectivity index (χ0) is 20.7. The van der Waals surface area contributed by atoms with Crippen LogP contribution in [0.25, 0.3) is 5.65 Å². The van der Waals surface area contributed by atoms with Crippen molar-refractivity contribution in [1.82, 2.24) is 30.0 Å². The Hall–Kier alpha value is -2.24. The van der Waals surface area contributed by atoms with Crippen LogP contribution in [0.2, 0.25) is 0 Å². The Morgan fingerprint density at radius 2 is 1.64 bits per heavy atom. The summed E-state index contributed by atoms with van der Waals surface area (Å²) in [5, 5.41) is 28.1. The standard InChI is InChI=1S/C17H26N8O2S/c1-9-18-23-15-10(12(16(2,3)4)24-25(9)15)19-21-14-11(28-27-26-8)13(20-22-14)17(5,6)7/h23H,1-8H3,(H,20,22). The van der Waals surface area contributed by atoms with Crippen molar-refractivity contribution in [3.63, 3.8) is 0 Å². The normalized spacial score (nSPS) is 13.3. The smallest absolute Gasteiger partial charge is 0.186 e. The molecule has 3 aromatic rings. The Labute approximate surface area is 167 Å². The van der Waals surface area contributed by atoms with E-state index in [2.05, 4.69) is 77.3 Å². The minimum absolute atomic E-state index is 0.203. The van der Waals surface area contributed by atoms with Gasteiger partial charge in [-0.05, 0) is 6.92 Å². The number of rotatable bonds is 5. The first-order valence-electron chi connectivity index (χ1n) is 8.86. The summed E-state index contributed by atoms with van der Waals surface area (Å²) < 4.78 is 6.81. The van der Waals surface area contributed by atoms with Gasteiger partial charge in [-0.15, -0.1) is 10.2 Å². The molecular formula is C17H26N8O2S. The molecule has 0 unspecified atom stereocenters. The number of aryl methyl sites for hydroxylation is 1. The molecular weight excluding hydrogens is 380 g/mol. The van der Waals surface area contributed by atoms with Crippen molar-refractivity contribution in [3.05, 3.63) is 17.2 Å². The van der Waals surface area contributed by atoms with Crippen molar-refractivity contribution >= 4 is 29.2 Å². The Bertz CT molecular complexity index is 1000. The van der Waals surface area contributed by atoms with Gasteiger partial charge in [0, 0.05) is 10.8 Å². The molecule has 0 aromatic carbocycles. The lowest BCUT2D eigenvalue weighted by molar-refractivity contribution is -0.160. The van der Waals surface area contributed by atoms with E-state index in [1.807, 2.05) is 6.92 Å². The summed E-state index contributed by atoms with van der Waals surface area (Å²) in [6.07, 6.45) is 0. The fourth-order valence-corrected chi connectivity index (χ4v) is 3.40. The monoisotopic (exact) mass is 406 g/mol. The number of hydrogen-bond donors (Lipinski definition) is 2. The maximum atomic E-state index is 5.07. The van der Waals surface area contributed by atoms with E-state index in [4.69, 9.17) is 9.22 Å². The van der Waals surface area contributed by atoms with Crippen LogP contribution in [-0.4, -0.2) is 37.1 Å². The molecule has 0 aliphatic rings. The third-order valence-electron chi connectivity index (χ3n) is 4.05. The molecule has 0 saturated carbocycles. The third kappa shape index (κ3) is 3.82. The maximum absolute atomic E-state index is 5.07. The highest BCUT2D eigenvalue weighted by Crippen LogP contribution is 2.40. The van der Waals surface area contributed by atoms with Crippen LogP contribution in [0, 0.1) is 6.92 Å². The van der Waals surface area contributed by atoms with Crippen molar-refractivity contribution in [2.24, 2.45) is 10.2 Å². The topological polar surface area (TPSA) is 118 Å². The molecule has 2 N–H and O–H groups in total. The van der Waals surface area contributed by atoms with Gasteiger partial charge >= 0.3 is 0 Å². The van der Waals surface area contributed by atoms with Crippen molar-refractivity contribution in [3.8, 4) is 0 Å². The molecule has 11 heteroatoms. The van der Waals surface area contributed by atoms with E-state index in [1.165, 1.54) is 7.11 Å². The van der Waals surface area contributed by atoms with Crippen molar-refractivity contribution in [2.75, 3.05) is 7.11 Å². The van der Waals surface area contributed by atoms with Gasteiger partial charge in [0.05, 0.1) is 30.5 Å². The van der Waals surface area contributed by atoms with Crippen LogP contribution in [0.3, 0.4) is 0 Å². The molecule has 0 aliphatic heterocycles. The molecule has 0 atom stereocenters. The van der Waals surface area contributed by atoms with Crippen LogP contribution < -0.4 is 0 Å². The Morgan fingerprint density at radius 3 is 2.25 bits per heavy atom. The highest BCUT2D eigenvalue weighted by atomic mass is 32.2. The molecule has 3 heterocycles. The molecule has 0 fully saturated rings. The number of nitrogens with one attached hydrogen (secondary N) is 2. The average Bonchev–Trinajstić information content (AvgIpc) is 3.25. The first-order chi connectivity index (χ1) is 13.0. The first kappa shape index (κ1) is 20.5. The highest BCUT2D eigenvalue weighted by molar-refractivity contribution is 7.94. The van der Waals surface area contributed by atoms with Crippen LogP contribution >= 0.6 is 12.0 Å². The number of hydrogen-bond acceptors (Lipinski definition) is 8. The predicted molar refractivity (Wildman–Crippen MR) is 106 cm³/mol. The molecule has 0 saturated heterocycles. The van der Waals surface area contributed by atoms with Crippen molar-refractivity contribution < 1.29 is 9.22 Å². The van der Waals surface area contributed by atoms with Crippen LogP contribution in [0.1, 0.15) is 58.8 Å². The number of H-pyrrole nitrogens is 2. The molecule has 10 nitrogen and oxygen atoms in total. The number of aromatic amines is 2. The van der Waals surface area contributed by atoms with E-state index in [-0.39, 0.29) is 10.8 Å². The molecule has 0 amide bonds. The number of nitrogens with zero attached hydrogens (tertiary/aromatic N) is 6. The van der Waals surface area contributed by atoms with Crippen molar-refractivity contribution in [2.45, 2.75) is 64.2 Å². The molecule has 3 aromatic heterocycles. The van der Waals surface area contributed by atoms with E-state index in [0.29, 0.717) is 17.2 Å². The molecule has 0 radical (unpaired) electrons. The van der Waals surface area contributed by atoms with E-state index >= 15 is 0 Å². The zero-order valence-corrected chi connectivity index (χ0v) is 18.2. The quantitative estimate of drug-likeness (QED) is 0.275. The van der Waals surface area contributed by atoms with Crippen LogP contribution in [0.5, 0.6) is 0 Å². The van der Waals surface area contributed by atoms with Gasteiger partial charge in [-0.25, -0.2) is 4.89 Å². The van der Waals surface area contributed by atoms with E-state index < -0.39 is 0 Å². The van der Waals surface area contributed by atoms with E-state index in [0.717, 1.165) is 34.2 Å². The summed E-state index contributed by atoms with van der Waals surface area (Å²) >= 11 is 1.05. The molecule has 0 aliphatic carbocycles. The second kappa shape index (κ2) is 7.30. The summed E-state index contributed by atoms with van der Waals surface area (Å²) in [6, 6.07) is 0. The summed E-state index contributed by atoms with van der Waals surface area (Å²) in [5.41, 5.74) is 2.57. The minimum Gasteiger partial charge on any atom is -0.258 e. The summed E-state index contributed by atoms with van der Waals surface area (Å²) in [5.74, 6) is 1.24. The van der Waals surface area contributed by atoms with Gasteiger partial charge in [0.15, 0.2) is 17.2 Å². The second-order valence-corrected chi connectivity index (χ2v) is 9.21. The van der Waals surface area contributed by atoms with Gasteiger partial charge in [0.1, 0.15) is 10.7 Å². The molecule has 3 rings (SSSR count). The Morgan fingerprint density at radius 1 is 0.964 bits per heavy atom. The lowest BCUT2D eigenvalue weighted by Crippen LogP contribution is -2.13. The Kier molecular flexibility index (Phi) is 5.34. The largest absolute Gasteiger partial charge is 0.258 e. The molecule has 152 valence electrons. The van der Waals surface area contributed by atoms with Crippen LogP contribution in [-0.2, 0) is 20.1 Å². The minimum atomic E-state index is -0.213. The van der Waals surface area contributed by atoms with E-state index in [1.54, 1.807) is 4.52 Å². The molecule has 28 heavy (non-hydrogen) atoms. The summed E-state index contributed by atoms with van der Waals surface area (Å²) in [7, 11) is 1.45. The number of azo groups is 1. The van der Waals surface area contributed by atoms with Crippen molar-refractivity contribution in [1.29, 1.82) is 0 Å². The van der Waals surface area contributed by atoms with Gasteiger partial charge in [-0.3, -0.25) is 10.2 Å². The van der Waals surface area contributed by atoms with E-state index in [9.17, 15) is 0 Å². The molecule has 0 bridgehead atoms. The number of fused-ring (bicyclic) bond motifs is 1. The molecule has 0 spiro atoms. The first-order valence-corrected chi connectivity index (χ1v) is 9.60. The summed E-state index contributed by atoms with van der Waals surface area (Å²) in [6.45, 7) is 14.3. The summed E-state index contributed by atoms with van der Waals surface area (Å²) in [4.78, 5) is 5.46. The van der Waals surface area contributed by atoms with Gasteiger partial charge in [0.25, 0.3) is 0 Å². The zero-order valence-electron chi connectivity index (χ0n) is 17.4. The fourth-order valence-electron chi connectivity index (χ4n) is 2.67. The third-order valence-corrected chi connectivity index (χ3v) is 4.81. The van der Waals surface area contributed by atoms with Gasteiger partial charge in [-0.1, -0.05) is 41.5 Å². The average molecular weight is 407 g/mol. The van der Waals surface area contributed by atoms with Gasteiger partial charge < -0.3 is 0 Å². The second-order valence-electron chi connectivity index (χ2n) is 8.50. The van der Waals surface area contributed by atoms with Gasteiger partial charge in [-0.2, -0.15) is 24.1 Å². The highest BCUT2D eigenvalue weighted by Gasteiger charge is 2.28.